The first-order chi connectivity index (χ1) is 11.5. The van der Waals surface area contributed by atoms with E-state index in [1.165, 1.54) is 0 Å². The van der Waals surface area contributed by atoms with Gasteiger partial charge >= 0.3 is 0 Å². The number of carbonyl (C=O) groups is 1. The second-order valence-corrected chi connectivity index (χ2v) is 5.36. The van der Waals surface area contributed by atoms with Gasteiger partial charge in [0, 0.05) is 12.3 Å². The molecule has 0 heterocycles. The Morgan fingerprint density at radius 1 is 1.21 bits per heavy atom. The van der Waals surface area contributed by atoms with Gasteiger partial charge in [-0.3, -0.25) is 10.2 Å². The Morgan fingerprint density at radius 2 is 1.92 bits per heavy atom. The van der Waals surface area contributed by atoms with Gasteiger partial charge in [-0.05, 0) is 30.5 Å². The minimum absolute atomic E-state index is 0.0649. The van der Waals surface area contributed by atoms with Crippen molar-refractivity contribution in [1.82, 2.24) is 10.6 Å². The van der Waals surface area contributed by atoms with Crippen molar-refractivity contribution in [2.45, 2.75) is 18.6 Å². The Hall–Kier alpha value is -2.35. The standard InChI is InChI=1S/C16H25N5O2S/c17-14(3-1-2-8-21-16(18)19)15(22)20-9-10-23-13-6-4-12(11-24)5-7-13/h3-7,24H,1-2,8-11,17H2,(H,20,22)(H4,18,19,21)/b14-3-. The highest BCUT2D eigenvalue weighted by Gasteiger charge is 2.04. The largest absolute Gasteiger partial charge is 0.492 e. The molecule has 0 fully saturated rings. The molecule has 7 N–H and O–H groups in total. The molecule has 7 nitrogen and oxygen atoms in total. The van der Waals surface area contributed by atoms with Crippen LogP contribution in [-0.4, -0.2) is 31.6 Å². The molecule has 1 aromatic carbocycles. The lowest BCUT2D eigenvalue weighted by Gasteiger charge is -2.08. The zero-order valence-electron chi connectivity index (χ0n) is 13.5. The summed E-state index contributed by atoms with van der Waals surface area (Å²) in [6, 6.07) is 7.64. The van der Waals surface area contributed by atoms with Crippen LogP contribution >= 0.6 is 12.6 Å². The predicted molar refractivity (Wildman–Crippen MR) is 99.1 cm³/mol. The summed E-state index contributed by atoms with van der Waals surface area (Å²) in [4.78, 5) is 11.8. The van der Waals surface area contributed by atoms with Crippen LogP contribution in [0.1, 0.15) is 18.4 Å². The van der Waals surface area contributed by atoms with Gasteiger partial charge in [0.15, 0.2) is 5.96 Å². The third-order valence-electron chi connectivity index (χ3n) is 3.09. The van der Waals surface area contributed by atoms with Gasteiger partial charge in [0.1, 0.15) is 12.4 Å². The van der Waals surface area contributed by atoms with Gasteiger partial charge in [-0.25, -0.2) is 0 Å². The van der Waals surface area contributed by atoms with E-state index in [9.17, 15) is 4.79 Å². The molecule has 0 unspecified atom stereocenters. The van der Waals surface area contributed by atoms with Gasteiger partial charge in [-0.1, -0.05) is 18.2 Å². The third kappa shape index (κ3) is 8.33. The highest BCUT2D eigenvalue weighted by atomic mass is 32.1. The van der Waals surface area contributed by atoms with Gasteiger partial charge in [-0.2, -0.15) is 12.6 Å². The maximum atomic E-state index is 11.8. The number of nitrogens with one attached hydrogen (secondary N) is 3. The summed E-state index contributed by atoms with van der Waals surface area (Å²) in [7, 11) is 0. The van der Waals surface area contributed by atoms with Crippen molar-refractivity contribution >= 4 is 24.5 Å². The number of benzene rings is 1. The topological polar surface area (TPSA) is 126 Å². The van der Waals surface area contributed by atoms with Gasteiger partial charge < -0.3 is 26.8 Å². The fourth-order valence-corrected chi connectivity index (χ4v) is 2.01. The van der Waals surface area contributed by atoms with Crippen molar-refractivity contribution in [1.29, 1.82) is 5.41 Å². The molecule has 0 spiro atoms. The third-order valence-corrected chi connectivity index (χ3v) is 3.45. The fraction of sp³-hybridized carbons (Fsp3) is 0.375. The molecule has 1 aromatic rings. The number of hydrogen-bond acceptors (Lipinski definition) is 5. The van der Waals surface area contributed by atoms with E-state index in [1.807, 2.05) is 24.3 Å². The van der Waals surface area contributed by atoms with Crippen LogP contribution in [0.2, 0.25) is 0 Å². The van der Waals surface area contributed by atoms with Crippen LogP contribution in [0.15, 0.2) is 36.0 Å². The quantitative estimate of drug-likeness (QED) is 0.122. The summed E-state index contributed by atoms with van der Waals surface area (Å²) in [5, 5.41) is 12.4. The van der Waals surface area contributed by atoms with Crippen LogP contribution in [0.4, 0.5) is 0 Å². The summed E-state index contributed by atoms with van der Waals surface area (Å²) in [5.41, 5.74) is 12.2. The van der Waals surface area contributed by atoms with E-state index in [1.54, 1.807) is 6.08 Å². The van der Waals surface area contributed by atoms with Crippen molar-refractivity contribution in [3.8, 4) is 5.75 Å². The Bertz CT molecular complexity index is 560. The van der Waals surface area contributed by atoms with Crippen molar-refractivity contribution in [3.63, 3.8) is 0 Å². The van der Waals surface area contributed by atoms with Gasteiger partial charge in [0.2, 0.25) is 0 Å². The van der Waals surface area contributed by atoms with Gasteiger partial charge in [0.25, 0.3) is 5.91 Å². The highest BCUT2D eigenvalue weighted by Crippen LogP contribution is 2.12. The molecule has 0 aliphatic heterocycles. The summed E-state index contributed by atoms with van der Waals surface area (Å²) in [5.74, 6) is 1.05. The molecule has 24 heavy (non-hydrogen) atoms. The van der Waals surface area contributed by atoms with Crippen LogP contribution in [0.25, 0.3) is 0 Å². The second kappa shape index (κ2) is 11.2. The molecule has 0 aromatic heterocycles. The molecule has 0 aliphatic carbocycles. The van der Waals surface area contributed by atoms with E-state index < -0.39 is 0 Å². The van der Waals surface area contributed by atoms with Crippen molar-refractivity contribution in [2.24, 2.45) is 11.5 Å². The first-order valence-corrected chi connectivity index (χ1v) is 8.30. The number of hydrogen-bond donors (Lipinski definition) is 6. The first kappa shape index (κ1) is 19.7. The molecule has 0 saturated carbocycles. The Morgan fingerprint density at radius 3 is 2.54 bits per heavy atom. The molecule has 0 atom stereocenters. The van der Waals surface area contributed by atoms with E-state index in [0.29, 0.717) is 31.9 Å². The molecular formula is C16H25N5O2S. The lowest BCUT2D eigenvalue weighted by atomic mass is 10.2. The molecular weight excluding hydrogens is 326 g/mol. The van der Waals surface area contributed by atoms with E-state index in [-0.39, 0.29) is 17.6 Å². The Labute approximate surface area is 147 Å². The van der Waals surface area contributed by atoms with Crippen molar-refractivity contribution in [3.05, 3.63) is 41.6 Å². The SMILES string of the molecule is N=C(N)NCCC/C=C(\N)C(=O)NCCOc1ccc(CS)cc1. The fourth-order valence-electron chi connectivity index (χ4n) is 1.80. The number of nitrogens with two attached hydrogens (primary N) is 2. The van der Waals surface area contributed by atoms with Crippen LogP contribution in [-0.2, 0) is 10.5 Å². The predicted octanol–water partition coefficient (Wildman–Crippen LogP) is 0.717. The highest BCUT2D eigenvalue weighted by molar-refractivity contribution is 7.79. The smallest absolute Gasteiger partial charge is 0.266 e. The number of ether oxygens (including phenoxy) is 1. The van der Waals surface area contributed by atoms with E-state index >= 15 is 0 Å². The van der Waals surface area contributed by atoms with Crippen molar-refractivity contribution in [2.75, 3.05) is 19.7 Å². The number of unbranched alkanes of at least 4 members (excludes halogenated alkanes) is 1. The maximum absolute atomic E-state index is 11.8. The summed E-state index contributed by atoms with van der Waals surface area (Å²) in [6.07, 6.45) is 3.03. The number of rotatable bonds is 10. The van der Waals surface area contributed by atoms with Crippen molar-refractivity contribution < 1.29 is 9.53 Å². The summed E-state index contributed by atoms with van der Waals surface area (Å²) in [6.45, 7) is 1.30. The normalized spacial score (nSPS) is 11.0. The maximum Gasteiger partial charge on any atom is 0.266 e. The molecule has 1 amide bonds. The lowest BCUT2D eigenvalue weighted by Crippen LogP contribution is -2.32. The molecule has 0 bridgehead atoms. The van der Waals surface area contributed by atoms with Crippen LogP contribution in [0.3, 0.4) is 0 Å². The number of guanidine groups is 1. The monoisotopic (exact) mass is 351 g/mol. The molecule has 0 radical (unpaired) electrons. The molecule has 132 valence electrons. The zero-order valence-corrected chi connectivity index (χ0v) is 14.4. The molecule has 0 saturated heterocycles. The number of amides is 1. The zero-order chi connectivity index (χ0) is 17.8. The van der Waals surface area contributed by atoms with E-state index in [0.717, 1.165) is 17.7 Å². The minimum atomic E-state index is -0.316. The Balaban J connectivity index is 2.18. The molecule has 0 aliphatic rings. The van der Waals surface area contributed by atoms with Gasteiger partial charge in [0.05, 0.1) is 12.2 Å². The molecule has 8 heteroatoms. The summed E-state index contributed by atoms with van der Waals surface area (Å²) >= 11 is 4.19. The van der Waals surface area contributed by atoms with Crippen LogP contribution < -0.4 is 26.8 Å². The van der Waals surface area contributed by atoms with E-state index in [4.69, 9.17) is 21.6 Å². The Kier molecular flexibility index (Phi) is 9.21. The number of thiol groups is 1. The second-order valence-electron chi connectivity index (χ2n) is 5.05. The lowest BCUT2D eigenvalue weighted by molar-refractivity contribution is -0.117. The van der Waals surface area contributed by atoms with Crippen LogP contribution in [0, 0.1) is 5.41 Å². The van der Waals surface area contributed by atoms with Gasteiger partial charge in [-0.15, -0.1) is 0 Å². The molecule has 1 rings (SSSR count). The van der Waals surface area contributed by atoms with E-state index in [2.05, 4.69) is 23.3 Å². The number of carbonyl (C=O) groups excluding carboxylic acids is 1. The average Bonchev–Trinajstić information content (AvgIpc) is 2.58. The summed E-state index contributed by atoms with van der Waals surface area (Å²) < 4.78 is 5.53. The minimum Gasteiger partial charge on any atom is -0.492 e. The number of allylic oxidation sites excluding steroid dienone is 1. The first-order valence-electron chi connectivity index (χ1n) is 7.67. The van der Waals surface area contributed by atoms with Crippen LogP contribution in [0.5, 0.6) is 5.75 Å². The average molecular weight is 351 g/mol.